The summed E-state index contributed by atoms with van der Waals surface area (Å²) in [5.74, 6) is -0.857. The standard InChI is InChI=1S/C17H22N4O5S.N2/c1-26-14-8-2-6-12-11(14)5-3-9-15(12)27(24,25)21-13(16(22)23)7-4-10-20-17(18)19;1-2/h2-3,5-6,8-9,13,21H,4,7,10H2,1H3,(H,22,23)(H4,18,19,20);/t13-;/m0./s1. The third-order valence-electron chi connectivity index (χ3n) is 3.89. The van der Waals surface area contributed by atoms with E-state index in [-0.39, 0.29) is 23.8 Å². The van der Waals surface area contributed by atoms with Gasteiger partial charge in [-0.05, 0) is 25.0 Å². The van der Waals surface area contributed by atoms with Crippen LogP contribution in [0.5, 0.6) is 5.75 Å². The molecule has 2 aromatic rings. The first kappa shape index (κ1) is 23.6. The van der Waals surface area contributed by atoms with Gasteiger partial charge < -0.3 is 21.3 Å². The smallest absolute Gasteiger partial charge is 0.321 e. The number of nitrogens with zero attached hydrogens (tertiary/aromatic N) is 3. The second-order valence-corrected chi connectivity index (χ2v) is 7.45. The van der Waals surface area contributed by atoms with Crippen molar-refractivity contribution in [2.75, 3.05) is 13.7 Å². The minimum atomic E-state index is -4.08. The number of guanidine groups is 1. The number of carboxylic acid groups (broad SMARTS) is 1. The molecule has 0 unspecified atom stereocenters. The Labute approximate surface area is 167 Å². The fourth-order valence-corrected chi connectivity index (χ4v) is 4.10. The van der Waals surface area contributed by atoms with Gasteiger partial charge in [-0.1, -0.05) is 24.3 Å². The SMILES string of the molecule is COc1cccc2c(S(=O)(=O)N[C@@H](CCCN=C(N)N)C(=O)O)cccc12.N#N. The molecule has 12 heteroatoms. The molecule has 0 spiro atoms. The van der Waals surface area contributed by atoms with E-state index in [9.17, 15) is 18.3 Å². The van der Waals surface area contributed by atoms with Crippen molar-refractivity contribution >= 4 is 32.7 Å². The number of nitrogens with one attached hydrogen (secondary N) is 1. The lowest BCUT2D eigenvalue weighted by Gasteiger charge is -2.16. The lowest BCUT2D eigenvalue weighted by Crippen LogP contribution is -2.40. The highest BCUT2D eigenvalue weighted by Gasteiger charge is 2.26. The zero-order valence-corrected chi connectivity index (χ0v) is 16.5. The number of nitrogens with two attached hydrogens (primary N) is 2. The molecule has 11 nitrogen and oxygen atoms in total. The summed E-state index contributed by atoms with van der Waals surface area (Å²) in [7, 11) is -2.59. The quantitative estimate of drug-likeness (QED) is 0.193. The fraction of sp³-hybridized carbons (Fsp3) is 0.294. The minimum Gasteiger partial charge on any atom is -0.496 e. The number of hydrogen-bond acceptors (Lipinski definition) is 7. The van der Waals surface area contributed by atoms with Gasteiger partial charge in [-0.2, -0.15) is 4.72 Å². The van der Waals surface area contributed by atoms with E-state index in [0.717, 1.165) is 0 Å². The molecule has 1 atom stereocenters. The van der Waals surface area contributed by atoms with Crippen LogP contribution in [0.15, 0.2) is 46.3 Å². The van der Waals surface area contributed by atoms with Crippen molar-refractivity contribution in [3.8, 4) is 5.75 Å². The van der Waals surface area contributed by atoms with Crippen LogP contribution >= 0.6 is 0 Å². The molecular weight excluding hydrogens is 400 g/mol. The Morgan fingerprint density at radius 2 is 1.83 bits per heavy atom. The topological polar surface area (TPSA) is 205 Å². The van der Waals surface area contributed by atoms with Crippen molar-refractivity contribution in [2.45, 2.75) is 23.8 Å². The van der Waals surface area contributed by atoms with Gasteiger partial charge in [-0.15, -0.1) is 0 Å². The van der Waals surface area contributed by atoms with E-state index in [4.69, 9.17) is 27.0 Å². The molecule has 0 heterocycles. The maximum Gasteiger partial charge on any atom is 0.321 e. The van der Waals surface area contributed by atoms with Crippen LogP contribution in [0.3, 0.4) is 0 Å². The van der Waals surface area contributed by atoms with Crippen LogP contribution in [-0.2, 0) is 14.8 Å². The molecule has 0 saturated heterocycles. The number of fused-ring (bicyclic) bond motifs is 1. The monoisotopic (exact) mass is 422 g/mol. The van der Waals surface area contributed by atoms with E-state index < -0.39 is 22.0 Å². The molecule has 2 rings (SSSR count). The molecule has 0 saturated carbocycles. The van der Waals surface area contributed by atoms with Gasteiger partial charge in [0.15, 0.2) is 5.96 Å². The van der Waals surface area contributed by atoms with Crippen molar-refractivity contribution in [1.82, 2.24) is 4.72 Å². The zero-order chi connectivity index (χ0) is 22.0. The number of aliphatic carboxylic acids is 1. The Kier molecular flexibility index (Phi) is 8.78. The predicted molar refractivity (Wildman–Crippen MR) is 106 cm³/mol. The molecule has 0 aliphatic heterocycles. The normalized spacial score (nSPS) is 11.7. The molecule has 0 aliphatic carbocycles. The Bertz CT molecular complexity index is 1000. The molecule has 0 amide bonds. The molecule has 29 heavy (non-hydrogen) atoms. The number of carboxylic acids is 1. The van der Waals surface area contributed by atoms with Crippen molar-refractivity contribution in [3.05, 3.63) is 36.4 Å². The lowest BCUT2D eigenvalue weighted by molar-refractivity contribution is -0.139. The summed E-state index contributed by atoms with van der Waals surface area (Å²) in [5.41, 5.74) is 10.4. The zero-order valence-electron chi connectivity index (χ0n) is 15.6. The predicted octanol–water partition coefficient (Wildman–Crippen LogP) is 0.664. The summed E-state index contributed by atoms with van der Waals surface area (Å²) in [6.07, 6.45) is 0.347. The van der Waals surface area contributed by atoms with E-state index in [1.807, 2.05) is 0 Å². The molecule has 2 aromatic carbocycles. The van der Waals surface area contributed by atoms with Crippen LogP contribution < -0.4 is 20.9 Å². The maximum absolute atomic E-state index is 12.8. The third kappa shape index (κ3) is 6.30. The number of aliphatic imine (C=N–C) groups is 1. The van der Waals surface area contributed by atoms with Crippen LogP contribution in [0.4, 0.5) is 0 Å². The van der Waals surface area contributed by atoms with Gasteiger partial charge in [0.05, 0.1) is 12.0 Å². The van der Waals surface area contributed by atoms with Gasteiger partial charge in [0.2, 0.25) is 10.0 Å². The van der Waals surface area contributed by atoms with Crippen LogP contribution in [0, 0.1) is 10.8 Å². The van der Waals surface area contributed by atoms with E-state index in [0.29, 0.717) is 22.9 Å². The largest absolute Gasteiger partial charge is 0.496 e. The number of benzene rings is 2. The van der Waals surface area contributed by atoms with Gasteiger partial charge in [0, 0.05) is 28.1 Å². The Morgan fingerprint density at radius 1 is 1.21 bits per heavy atom. The number of ether oxygens (including phenoxy) is 1. The molecule has 0 aromatic heterocycles. The number of hydrogen-bond donors (Lipinski definition) is 4. The molecule has 0 aliphatic rings. The highest BCUT2D eigenvalue weighted by molar-refractivity contribution is 7.89. The second-order valence-electron chi connectivity index (χ2n) is 5.77. The summed E-state index contributed by atoms with van der Waals surface area (Å²) >= 11 is 0. The fourth-order valence-electron chi connectivity index (χ4n) is 2.65. The number of rotatable bonds is 9. The van der Waals surface area contributed by atoms with Crippen LogP contribution in [0.25, 0.3) is 10.8 Å². The molecule has 156 valence electrons. The van der Waals surface area contributed by atoms with Gasteiger partial charge in [0.1, 0.15) is 11.8 Å². The van der Waals surface area contributed by atoms with Crippen molar-refractivity contribution in [3.63, 3.8) is 0 Å². The van der Waals surface area contributed by atoms with E-state index in [1.165, 1.54) is 13.2 Å². The first-order valence-corrected chi connectivity index (χ1v) is 9.81. The van der Waals surface area contributed by atoms with Crippen molar-refractivity contribution in [2.24, 2.45) is 16.5 Å². The highest BCUT2D eigenvalue weighted by atomic mass is 32.2. The van der Waals surface area contributed by atoms with Gasteiger partial charge in [0.25, 0.3) is 0 Å². The number of methoxy groups -OCH3 is 1. The lowest BCUT2D eigenvalue weighted by atomic mass is 10.1. The molecule has 0 bridgehead atoms. The Hall–Kier alpha value is -3.43. The van der Waals surface area contributed by atoms with Crippen molar-refractivity contribution in [1.29, 1.82) is 10.8 Å². The molecule has 0 fully saturated rings. The maximum atomic E-state index is 12.8. The van der Waals surface area contributed by atoms with E-state index >= 15 is 0 Å². The second kappa shape index (κ2) is 10.8. The van der Waals surface area contributed by atoms with Crippen molar-refractivity contribution < 1.29 is 23.1 Å². The first-order chi connectivity index (χ1) is 13.8. The summed E-state index contributed by atoms with van der Waals surface area (Å²) < 4.78 is 33.1. The van der Waals surface area contributed by atoms with Crippen LogP contribution in [-0.4, -0.2) is 45.1 Å². The summed E-state index contributed by atoms with van der Waals surface area (Å²) in [4.78, 5) is 15.2. The van der Waals surface area contributed by atoms with Crippen LogP contribution in [0.1, 0.15) is 12.8 Å². The number of sulfonamides is 1. The van der Waals surface area contributed by atoms with Gasteiger partial charge >= 0.3 is 5.97 Å². The summed E-state index contributed by atoms with van der Waals surface area (Å²) in [6, 6.07) is 8.46. The van der Waals surface area contributed by atoms with Crippen LogP contribution in [0.2, 0.25) is 0 Å². The molecule has 0 radical (unpaired) electrons. The van der Waals surface area contributed by atoms with Gasteiger partial charge in [-0.3, -0.25) is 9.79 Å². The average molecular weight is 422 g/mol. The van der Waals surface area contributed by atoms with E-state index in [1.54, 1.807) is 30.3 Å². The summed E-state index contributed by atoms with van der Waals surface area (Å²) in [6.45, 7) is 0.208. The Morgan fingerprint density at radius 3 is 2.41 bits per heavy atom. The molecule has 6 N–H and O–H groups in total. The summed E-state index contributed by atoms with van der Waals surface area (Å²) in [5, 5.41) is 22.4. The van der Waals surface area contributed by atoms with E-state index in [2.05, 4.69) is 9.71 Å². The molecular formula is C17H22N6O5S. The minimum absolute atomic E-state index is 0.0191. The van der Waals surface area contributed by atoms with Gasteiger partial charge in [-0.25, -0.2) is 8.42 Å². The number of carbonyl (C=O) groups is 1. The third-order valence-corrected chi connectivity index (χ3v) is 5.42. The average Bonchev–Trinajstić information content (AvgIpc) is 2.70. The highest BCUT2D eigenvalue weighted by Crippen LogP contribution is 2.30. The Balaban J connectivity index is 0.00000204. The first-order valence-electron chi connectivity index (χ1n) is 8.32.